The van der Waals surface area contributed by atoms with Gasteiger partial charge < -0.3 is 14.8 Å². The molecule has 4 nitrogen and oxygen atoms in total. The normalized spacial score (nSPS) is 12.8. The van der Waals surface area contributed by atoms with Crippen LogP contribution in [0.15, 0.2) is 42.5 Å². The molecule has 1 amide bonds. The van der Waals surface area contributed by atoms with Gasteiger partial charge in [-0.25, -0.2) is 0 Å². The minimum absolute atomic E-state index is 0.0845. The van der Waals surface area contributed by atoms with Crippen LogP contribution in [0.3, 0.4) is 0 Å². The van der Waals surface area contributed by atoms with Crippen molar-refractivity contribution in [1.29, 1.82) is 0 Å². The molecule has 0 saturated carbocycles. The van der Waals surface area contributed by atoms with Crippen LogP contribution in [0.5, 0.6) is 11.5 Å². The Kier molecular flexibility index (Phi) is 3.29. The third kappa shape index (κ3) is 2.32. The molecule has 0 spiro atoms. The molecular formula is C16H15NO3. The Morgan fingerprint density at radius 3 is 2.30 bits per heavy atom. The first-order chi connectivity index (χ1) is 9.78. The maximum atomic E-state index is 11.5. The summed E-state index contributed by atoms with van der Waals surface area (Å²) in [6.07, 6.45) is 0. The van der Waals surface area contributed by atoms with Gasteiger partial charge in [0.1, 0.15) is 13.2 Å². The fourth-order valence-electron chi connectivity index (χ4n) is 2.18. The summed E-state index contributed by atoms with van der Waals surface area (Å²) in [5, 5.41) is 2.61. The first-order valence-electron chi connectivity index (χ1n) is 6.50. The lowest BCUT2D eigenvalue weighted by Gasteiger charge is -2.19. The van der Waals surface area contributed by atoms with Crippen molar-refractivity contribution in [2.75, 3.05) is 20.3 Å². The second kappa shape index (κ2) is 5.25. The molecule has 1 heterocycles. The van der Waals surface area contributed by atoms with E-state index in [1.54, 1.807) is 7.05 Å². The van der Waals surface area contributed by atoms with Gasteiger partial charge in [-0.3, -0.25) is 4.79 Å². The zero-order valence-electron chi connectivity index (χ0n) is 11.2. The van der Waals surface area contributed by atoms with Crippen LogP contribution >= 0.6 is 0 Å². The van der Waals surface area contributed by atoms with E-state index in [0.29, 0.717) is 18.8 Å². The lowest BCUT2D eigenvalue weighted by Crippen LogP contribution is -2.17. The molecule has 1 aliphatic rings. The van der Waals surface area contributed by atoms with Gasteiger partial charge in [0.25, 0.3) is 5.91 Å². The van der Waals surface area contributed by atoms with Crippen LogP contribution in [0.25, 0.3) is 11.1 Å². The van der Waals surface area contributed by atoms with Gasteiger partial charge in [-0.05, 0) is 35.4 Å². The molecule has 3 rings (SSSR count). The lowest BCUT2D eigenvalue weighted by atomic mass is 10.0. The molecule has 1 N–H and O–H groups in total. The van der Waals surface area contributed by atoms with E-state index in [0.717, 1.165) is 22.6 Å². The van der Waals surface area contributed by atoms with Crippen LogP contribution in [0.2, 0.25) is 0 Å². The highest BCUT2D eigenvalue weighted by atomic mass is 16.6. The number of fused-ring (bicyclic) bond motifs is 1. The zero-order chi connectivity index (χ0) is 13.9. The molecule has 0 fully saturated rings. The van der Waals surface area contributed by atoms with E-state index in [4.69, 9.17) is 9.47 Å². The quantitative estimate of drug-likeness (QED) is 0.911. The third-order valence-electron chi connectivity index (χ3n) is 3.25. The predicted octanol–water partition coefficient (Wildman–Crippen LogP) is 2.48. The van der Waals surface area contributed by atoms with Crippen molar-refractivity contribution >= 4 is 5.91 Å². The van der Waals surface area contributed by atoms with E-state index in [1.807, 2.05) is 42.5 Å². The van der Waals surface area contributed by atoms with Gasteiger partial charge in [0.05, 0.1) is 0 Å². The van der Waals surface area contributed by atoms with Gasteiger partial charge in [0.15, 0.2) is 11.5 Å². The molecule has 0 aliphatic carbocycles. The van der Waals surface area contributed by atoms with Crippen molar-refractivity contribution < 1.29 is 14.3 Å². The first-order valence-corrected chi connectivity index (χ1v) is 6.50. The van der Waals surface area contributed by atoms with Gasteiger partial charge >= 0.3 is 0 Å². The maximum absolute atomic E-state index is 11.5. The Hall–Kier alpha value is -2.49. The Balaban J connectivity index is 1.91. The SMILES string of the molecule is CNC(=O)c1ccc(-c2ccc3c(c2)OCCO3)cc1. The fourth-order valence-corrected chi connectivity index (χ4v) is 2.18. The standard InChI is InChI=1S/C16H15NO3/c1-17-16(18)12-4-2-11(3-5-12)13-6-7-14-15(10-13)20-9-8-19-14/h2-7,10H,8-9H2,1H3,(H,17,18). The topological polar surface area (TPSA) is 47.6 Å². The van der Waals surface area contributed by atoms with Crippen molar-refractivity contribution in [2.45, 2.75) is 0 Å². The number of hydrogen-bond acceptors (Lipinski definition) is 3. The average Bonchev–Trinajstić information content (AvgIpc) is 2.54. The minimum Gasteiger partial charge on any atom is -0.486 e. The maximum Gasteiger partial charge on any atom is 0.251 e. The number of benzene rings is 2. The van der Waals surface area contributed by atoms with E-state index in [-0.39, 0.29) is 5.91 Å². The van der Waals surface area contributed by atoms with Crippen molar-refractivity contribution in [2.24, 2.45) is 0 Å². The molecular weight excluding hydrogens is 254 g/mol. The second-order valence-corrected chi connectivity index (χ2v) is 4.51. The van der Waals surface area contributed by atoms with Crippen molar-refractivity contribution in [3.63, 3.8) is 0 Å². The number of rotatable bonds is 2. The monoisotopic (exact) mass is 269 g/mol. The molecule has 0 aromatic heterocycles. The number of carbonyl (C=O) groups excluding carboxylic acids is 1. The summed E-state index contributed by atoms with van der Waals surface area (Å²) < 4.78 is 11.1. The zero-order valence-corrected chi connectivity index (χ0v) is 11.2. The summed E-state index contributed by atoms with van der Waals surface area (Å²) in [4.78, 5) is 11.5. The number of hydrogen-bond donors (Lipinski definition) is 1. The third-order valence-corrected chi connectivity index (χ3v) is 3.25. The molecule has 20 heavy (non-hydrogen) atoms. The molecule has 0 radical (unpaired) electrons. The van der Waals surface area contributed by atoms with Gasteiger partial charge in [-0.1, -0.05) is 18.2 Å². The van der Waals surface area contributed by atoms with E-state index in [1.165, 1.54) is 0 Å². The summed E-state index contributed by atoms with van der Waals surface area (Å²) in [6, 6.07) is 13.3. The van der Waals surface area contributed by atoms with Gasteiger partial charge in [0.2, 0.25) is 0 Å². The Labute approximate surface area is 117 Å². The summed E-state index contributed by atoms with van der Waals surface area (Å²) in [5.74, 6) is 1.46. The molecule has 1 aliphatic heterocycles. The van der Waals surface area contributed by atoms with Crippen molar-refractivity contribution in [3.8, 4) is 22.6 Å². The van der Waals surface area contributed by atoms with Crippen LogP contribution in [0.1, 0.15) is 10.4 Å². The highest BCUT2D eigenvalue weighted by molar-refractivity contribution is 5.94. The lowest BCUT2D eigenvalue weighted by molar-refractivity contribution is 0.0963. The summed E-state index contributed by atoms with van der Waals surface area (Å²) in [6.45, 7) is 1.17. The molecule has 2 aromatic rings. The molecule has 0 saturated heterocycles. The first kappa shape index (κ1) is 12.5. The molecule has 0 atom stereocenters. The second-order valence-electron chi connectivity index (χ2n) is 4.51. The molecule has 0 unspecified atom stereocenters. The summed E-state index contributed by atoms with van der Waals surface area (Å²) in [7, 11) is 1.62. The highest BCUT2D eigenvalue weighted by Gasteiger charge is 2.12. The van der Waals surface area contributed by atoms with Crippen LogP contribution in [-0.2, 0) is 0 Å². The summed E-state index contributed by atoms with van der Waals surface area (Å²) in [5.41, 5.74) is 2.72. The average molecular weight is 269 g/mol. The van der Waals surface area contributed by atoms with Gasteiger partial charge in [0, 0.05) is 12.6 Å². The number of nitrogens with one attached hydrogen (secondary N) is 1. The van der Waals surface area contributed by atoms with E-state index in [2.05, 4.69) is 5.32 Å². The minimum atomic E-state index is -0.0845. The van der Waals surface area contributed by atoms with Crippen LogP contribution < -0.4 is 14.8 Å². The van der Waals surface area contributed by atoms with Crippen LogP contribution in [0.4, 0.5) is 0 Å². The number of carbonyl (C=O) groups is 1. The van der Waals surface area contributed by atoms with Gasteiger partial charge in [-0.2, -0.15) is 0 Å². The number of amides is 1. The van der Waals surface area contributed by atoms with Crippen molar-refractivity contribution in [3.05, 3.63) is 48.0 Å². The van der Waals surface area contributed by atoms with Crippen LogP contribution in [0, 0.1) is 0 Å². The van der Waals surface area contributed by atoms with Crippen LogP contribution in [-0.4, -0.2) is 26.2 Å². The van der Waals surface area contributed by atoms with Gasteiger partial charge in [-0.15, -0.1) is 0 Å². The molecule has 4 heteroatoms. The predicted molar refractivity (Wildman–Crippen MR) is 76.3 cm³/mol. The highest BCUT2D eigenvalue weighted by Crippen LogP contribution is 2.34. The van der Waals surface area contributed by atoms with E-state index >= 15 is 0 Å². The van der Waals surface area contributed by atoms with Crippen molar-refractivity contribution in [1.82, 2.24) is 5.32 Å². The molecule has 0 bridgehead atoms. The smallest absolute Gasteiger partial charge is 0.251 e. The Morgan fingerprint density at radius 1 is 0.950 bits per heavy atom. The Morgan fingerprint density at radius 2 is 1.60 bits per heavy atom. The van der Waals surface area contributed by atoms with E-state index in [9.17, 15) is 4.79 Å². The summed E-state index contributed by atoms with van der Waals surface area (Å²) >= 11 is 0. The Bertz CT molecular complexity index is 635. The number of ether oxygens (including phenoxy) is 2. The fraction of sp³-hybridized carbons (Fsp3) is 0.188. The molecule has 2 aromatic carbocycles. The molecule has 102 valence electrons. The largest absolute Gasteiger partial charge is 0.486 e. The van der Waals surface area contributed by atoms with E-state index < -0.39 is 0 Å².